The van der Waals surface area contributed by atoms with Crippen LogP contribution in [0.2, 0.25) is 0 Å². The fraction of sp³-hybridized carbons (Fsp3) is 0.844. The number of hydrogen-bond acceptors (Lipinski definition) is 7. The van der Waals surface area contributed by atoms with Gasteiger partial charge in [0.2, 0.25) is 17.6 Å². The number of carbonyl (C=O) groups is 5. The van der Waals surface area contributed by atoms with Gasteiger partial charge in [0, 0.05) is 12.6 Å². The number of ketones is 1. The van der Waals surface area contributed by atoms with Crippen molar-refractivity contribution in [2.75, 3.05) is 12.3 Å². The van der Waals surface area contributed by atoms with Crippen molar-refractivity contribution < 1.29 is 32.4 Å². The lowest BCUT2D eigenvalue weighted by atomic mass is 9.85. The number of carbonyl (C=O) groups excluding carboxylic acids is 5. The molecule has 0 aromatic carbocycles. The van der Waals surface area contributed by atoms with Gasteiger partial charge in [-0.3, -0.25) is 19.2 Å². The molecule has 3 fully saturated rings. The maximum Gasteiger partial charge on any atom is 0.315 e. The van der Waals surface area contributed by atoms with Crippen molar-refractivity contribution in [3.8, 4) is 0 Å². The molecule has 2 aliphatic carbocycles. The van der Waals surface area contributed by atoms with E-state index in [0.717, 1.165) is 12.8 Å². The van der Waals surface area contributed by atoms with Crippen LogP contribution in [-0.2, 0) is 29.0 Å². The van der Waals surface area contributed by atoms with Crippen LogP contribution >= 0.6 is 0 Å². The van der Waals surface area contributed by atoms with Gasteiger partial charge in [-0.2, -0.15) is 0 Å². The van der Waals surface area contributed by atoms with Gasteiger partial charge in [-0.05, 0) is 68.1 Å². The summed E-state index contributed by atoms with van der Waals surface area (Å²) in [5.41, 5.74) is 4.31. The third-order valence-electron chi connectivity index (χ3n) is 9.74. The standard InChI is InChI=1S/C32H55N5O7S/c1-17(2)13-19(16-45(43,44)31(6,7)8)34-29(42)36-25(30(3,4)5)28(41)37-15-20-22(32(20,9)10)23(37)27(40)35-21(14-18-11-12-18)24(38)26(33)39/h17-23,25H,11-16H2,1-10H3,(H2,33,39)(H,35,40)(H2,34,36,42)/t19-,20-,21?,22-,23-,25+/m0/s1. The molecule has 5 amide bonds. The first-order chi connectivity index (χ1) is 20.4. The van der Waals surface area contributed by atoms with Crippen molar-refractivity contribution >= 4 is 39.4 Å². The summed E-state index contributed by atoms with van der Waals surface area (Å²) in [7, 11) is -3.54. The molecule has 12 nitrogen and oxygen atoms in total. The zero-order valence-electron chi connectivity index (χ0n) is 28.7. The lowest BCUT2D eigenvalue weighted by Gasteiger charge is -2.38. The Morgan fingerprint density at radius 2 is 1.53 bits per heavy atom. The highest BCUT2D eigenvalue weighted by atomic mass is 32.2. The number of nitrogens with zero attached hydrogens (tertiary/aromatic N) is 1. The Kier molecular flexibility index (Phi) is 10.5. The average Bonchev–Trinajstić information content (AvgIpc) is 3.71. The number of primary amides is 1. The molecule has 1 aliphatic heterocycles. The van der Waals surface area contributed by atoms with E-state index in [1.807, 2.05) is 27.7 Å². The van der Waals surface area contributed by atoms with Crippen molar-refractivity contribution in [2.24, 2.45) is 40.2 Å². The van der Waals surface area contributed by atoms with Crippen molar-refractivity contribution in [3.63, 3.8) is 0 Å². The van der Waals surface area contributed by atoms with Gasteiger partial charge in [-0.15, -0.1) is 0 Å². The molecular weight excluding hydrogens is 598 g/mol. The summed E-state index contributed by atoms with van der Waals surface area (Å²) in [4.78, 5) is 67.2. The fourth-order valence-electron chi connectivity index (χ4n) is 6.59. The molecule has 0 radical (unpaired) electrons. The summed E-state index contributed by atoms with van der Waals surface area (Å²) in [5, 5.41) is 8.35. The summed E-state index contributed by atoms with van der Waals surface area (Å²) in [5.74, 6) is -2.92. The normalized spacial score (nSPS) is 24.7. The summed E-state index contributed by atoms with van der Waals surface area (Å²) in [6, 6.07) is -4.32. The van der Waals surface area contributed by atoms with Crippen LogP contribution in [0.4, 0.5) is 4.79 Å². The maximum absolute atomic E-state index is 14.2. The van der Waals surface area contributed by atoms with Gasteiger partial charge in [0.25, 0.3) is 5.91 Å². The van der Waals surface area contributed by atoms with E-state index in [9.17, 15) is 32.4 Å². The molecule has 256 valence electrons. The first kappa shape index (κ1) is 36.8. The van der Waals surface area contributed by atoms with Gasteiger partial charge in [0.05, 0.1) is 16.5 Å². The van der Waals surface area contributed by atoms with Crippen LogP contribution < -0.4 is 21.7 Å². The minimum absolute atomic E-state index is 0.0541. The number of nitrogens with one attached hydrogen (secondary N) is 3. The zero-order chi connectivity index (χ0) is 34.4. The molecule has 0 bridgehead atoms. The molecule has 0 spiro atoms. The van der Waals surface area contributed by atoms with Crippen molar-refractivity contribution in [2.45, 2.75) is 124 Å². The van der Waals surface area contributed by atoms with Crippen LogP contribution in [-0.4, -0.2) is 84.1 Å². The van der Waals surface area contributed by atoms with Gasteiger partial charge in [0.1, 0.15) is 12.1 Å². The van der Waals surface area contributed by atoms with Crippen molar-refractivity contribution in [1.82, 2.24) is 20.9 Å². The van der Waals surface area contributed by atoms with E-state index in [4.69, 9.17) is 5.73 Å². The fourth-order valence-corrected chi connectivity index (χ4v) is 7.83. The second-order valence-electron chi connectivity index (χ2n) is 16.5. The lowest BCUT2D eigenvalue weighted by Crippen LogP contribution is -2.62. The molecule has 0 aromatic heterocycles. The van der Waals surface area contributed by atoms with E-state index in [-0.39, 0.29) is 34.8 Å². The van der Waals surface area contributed by atoms with Crippen molar-refractivity contribution in [1.29, 1.82) is 0 Å². The summed E-state index contributed by atoms with van der Waals surface area (Å²) in [6.45, 7) is 18.5. The minimum atomic E-state index is -3.54. The molecule has 1 saturated heterocycles. The topological polar surface area (TPSA) is 185 Å². The Morgan fingerprint density at radius 3 is 2.00 bits per heavy atom. The second-order valence-corrected chi connectivity index (χ2v) is 19.3. The number of likely N-dealkylation sites (tertiary alicyclic amines) is 1. The molecule has 1 unspecified atom stereocenters. The van der Waals surface area contributed by atoms with Gasteiger partial charge in [0.15, 0.2) is 9.84 Å². The van der Waals surface area contributed by atoms with Crippen LogP contribution in [0, 0.1) is 34.5 Å². The summed E-state index contributed by atoms with van der Waals surface area (Å²) >= 11 is 0. The smallest absolute Gasteiger partial charge is 0.315 e. The van der Waals surface area contributed by atoms with Crippen molar-refractivity contribution in [3.05, 3.63) is 0 Å². The highest BCUT2D eigenvalue weighted by Gasteiger charge is 2.70. The summed E-state index contributed by atoms with van der Waals surface area (Å²) in [6.07, 6.45) is 2.56. The molecule has 0 aromatic rings. The highest BCUT2D eigenvalue weighted by molar-refractivity contribution is 7.92. The number of sulfone groups is 1. The molecule has 3 aliphatic rings. The Morgan fingerprint density at radius 1 is 0.956 bits per heavy atom. The van der Waals surface area contributed by atoms with E-state index >= 15 is 0 Å². The number of fused-ring (bicyclic) bond motifs is 1. The number of nitrogens with two attached hydrogens (primary N) is 1. The first-order valence-electron chi connectivity index (χ1n) is 16.1. The third-order valence-corrected chi connectivity index (χ3v) is 12.4. The first-order valence-corrected chi connectivity index (χ1v) is 17.8. The molecule has 1 heterocycles. The number of urea groups is 1. The van der Waals surface area contributed by atoms with E-state index in [1.54, 1.807) is 41.5 Å². The second kappa shape index (κ2) is 12.8. The van der Waals surface area contributed by atoms with Gasteiger partial charge < -0.3 is 26.6 Å². The summed E-state index contributed by atoms with van der Waals surface area (Å²) < 4.78 is 25.0. The Labute approximate surface area is 268 Å². The molecule has 3 rings (SSSR count). The SMILES string of the molecule is CC(C)C[C@@H](CS(=O)(=O)C(C)(C)C)NC(=O)N[C@H](C(=O)N1C[C@H]2[C@@H]([C@H]1C(=O)NC(CC1CC1)C(=O)C(N)=O)C2(C)C)C(C)(C)C. The average molecular weight is 654 g/mol. The van der Waals surface area contributed by atoms with E-state index < -0.39 is 73.7 Å². The van der Waals surface area contributed by atoms with Crippen LogP contribution in [0.3, 0.4) is 0 Å². The van der Waals surface area contributed by atoms with Crippen LogP contribution in [0.1, 0.15) is 94.9 Å². The number of amides is 5. The molecule has 2 saturated carbocycles. The molecular formula is C32H55N5O7S. The predicted molar refractivity (Wildman–Crippen MR) is 171 cm³/mol. The maximum atomic E-state index is 14.2. The van der Waals surface area contributed by atoms with Crippen LogP contribution in [0.15, 0.2) is 0 Å². The Balaban J connectivity index is 1.82. The van der Waals surface area contributed by atoms with Crippen LogP contribution in [0.25, 0.3) is 0 Å². The Hall–Kier alpha value is -2.70. The molecule has 6 atom stereocenters. The van der Waals surface area contributed by atoms with Gasteiger partial charge in [-0.1, -0.05) is 61.3 Å². The number of Topliss-reactive ketones (excluding diaryl/α,β-unsaturated/α-hetero) is 1. The van der Waals surface area contributed by atoms with Crippen LogP contribution in [0.5, 0.6) is 0 Å². The quantitative estimate of drug-likeness (QED) is 0.219. The molecule has 45 heavy (non-hydrogen) atoms. The lowest BCUT2D eigenvalue weighted by molar-refractivity contribution is -0.145. The number of piperidine rings is 1. The largest absolute Gasteiger partial charge is 0.363 e. The van der Waals surface area contributed by atoms with Gasteiger partial charge >= 0.3 is 6.03 Å². The Bertz CT molecular complexity index is 1290. The number of hydrogen-bond donors (Lipinski definition) is 4. The molecule has 5 N–H and O–H groups in total. The third kappa shape index (κ3) is 8.56. The monoisotopic (exact) mass is 653 g/mol. The predicted octanol–water partition coefficient (Wildman–Crippen LogP) is 2.15. The molecule has 13 heteroatoms. The van der Waals surface area contributed by atoms with Gasteiger partial charge in [-0.25, -0.2) is 13.2 Å². The highest BCUT2D eigenvalue weighted by Crippen LogP contribution is 2.65. The minimum Gasteiger partial charge on any atom is -0.363 e. The van der Waals surface area contributed by atoms with E-state index in [0.29, 0.717) is 19.4 Å². The van der Waals surface area contributed by atoms with E-state index in [2.05, 4.69) is 16.0 Å². The zero-order valence-corrected chi connectivity index (χ0v) is 29.5. The number of rotatable bonds is 13. The van der Waals surface area contributed by atoms with E-state index in [1.165, 1.54) is 4.90 Å².